The minimum Gasteiger partial charge on any atom is -0.505 e. The van der Waals surface area contributed by atoms with Gasteiger partial charge in [0.15, 0.2) is 11.4 Å². The summed E-state index contributed by atoms with van der Waals surface area (Å²) < 4.78 is 0.750. The molecule has 0 saturated carbocycles. The number of phenolic OH excluding ortho intramolecular Hbond substituents is 1. The first-order valence-electron chi connectivity index (χ1n) is 3.97. The zero-order valence-electron chi connectivity index (χ0n) is 7.07. The highest BCUT2D eigenvalue weighted by Gasteiger charge is 2.09. The highest BCUT2D eigenvalue weighted by molar-refractivity contribution is 9.10. The van der Waals surface area contributed by atoms with Gasteiger partial charge >= 0.3 is 0 Å². The molecule has 2 rings (SSSR count). The van der Waals surface area contributed by atoms with Crippen LogP contribution in [0.3, 0.4) is 0 Å². The lowest BCUT2D eigenvalue weighted by Crippen LogP contribution is -1.76. The van der Waals surface area contributed by atoms with E-state index in [1.807, 2.05) is 12.1 Å². The van der Waals surface area contributed by atoms with Crippen LogP contribution in [-0.2, 0) is 0 Å². The van der Waals surface area contributed by atoms with Crippen molar-refractivity contribution < 1.29 is 5.11 Å². The number of rotatable bonds is 1. The van der Waals surface area contributed by atoms with Crippen LogP contribution in [0.2, 0.25) is 0 Å². The number of hydrogen-bond donors (Lipinski definition) is 1. The van der Waals surface area contributed by atoms with Gasteiger partial charge in [-0.2, -0.15) is 0 Å². The number of hydrogen-bond acceptors (Lipinski definition) is 3. The minimum absolute atomic E-state index is 0.0515. The molecule has 0 spiro atoms. The Kier molecular flexibility index (Phi) is 2.21. The summed E-state index contributed by atoms with van der Waals surface area (Å²) in [5.41, 5.74) is 0.0515. The molecule has 14 heavy (non-hydrogen) atoms. The van der Waals surface area contributed by atoms with Crippen LogP contribution in [0.15, 0.2) is 40.0 Å². The Morgan fingerprint density at radius 2 is 1.86 bits per heavy atom. The van der Waals surface area contributed by atoms with Crippen molar-refractivity contribution in [3.05, 3.63) is 39.7 Å². The summed E-state index contributed by atoms with van der Waals surface area (Å²) in [7, 11) is 0. The average Bonchev–Trinajstić information content (AvgIpc) is 2.23. The van der Waals surface area contributed by atoms with Crippen molar-refractivity contribution in [2.24, 2.45) is 5.18 Å². The highest BCUT2D eigenvalue weighted by atomic mass is 79.9. The van der Waals surface area contributed by atoms with Crippen LogP contribution in [0.4, 0.5) is 5.69 Å². The molecule has 0 radical (unpaired) electrons. The molecular weight excluding hydrogens is 246 g/mol. The number of nitrogens with zero attached hydrogens (tertiary/aromatic N) is 1. The van der Waals surface area contributed by atoms with Crippen molar-refractivity contribution in [2.75, 3.05) is 0 Å². The summed E-state index contributed by atoms with van der Waals surface area (Å²) in [6.07, 6.45) is 0. The molecule has 1 N–H and O–H groups in total. The molecule has 2 aromatic rings. The fraction of sp³-hybridized carbons (Fsp3) is 0. The molecule has 0 aliphatic heterocycles. The third-order valence-electron chi connectivity index (χ3n) is 2.04. The van der Waals surface area contributed by atoms with Crippen LogP contribution in [0.1, 0.15) is 0 Å². The molecule has 0 bridgehead atoms. The predicted molar refractivity (Wildman–Crippen MR) is 58.8 cm³/mol. The summed E-state index contributed by atoms with van der Waals surface area (Å²) in [6, 6.07) is 8.76. The number of aromatic hydroxyl groups is 1. The van der Waals surface area contributed by atoms with Crippen molar-refractivity contribution in [2.45, 2.75) is 0 Å². The molecule has 0 fully saturated rings. The number of phenols is 1. The van der Waals surface area contributed by atoms with E-state index in [-0.39, 0.29) is 11.4 Å². The van der Waals surface area contributed by atoms with Crippen LogP contribution in [0.25, 0.3) is 10.8 Å². The van der Waals surface area contributed by atoms with Crippen LogP contribution < -0.4 is 0 Å². The van der Waals surface area contributed by atoms with Crippen molar-refractivity contribution in [1.29, 1.82) is 0 Å². The van der Waals surface area contributed by atoms with Crippen LogP contribution in [0, 0.1) is 4.91 Å². The van der Waals surface area contributed by atoms with E-state index in [1.165, 1.54) is 6.07 Å². The van der Waals surface area contributed by atoms with Crippen LogP contribution in [0.5, 0.6) is 5.75 Å². The second-order valence-corrected chi connectivity index (χ2v) is 3.72. The Labute approximate surface area is 88.5 Å². The quantitative estimate of drug-likeness (QED) is 0.786. The Morgan fingerprint density at radius 1 is 1.21 bits per heavy atom. The third kappa shape index (κ3) is 1.28. The monoisotopic (exact) mass is 251 g/mol. The van der Waals surface area contributed by atoms with Crippen molar-refractivity contribution in [3.63, 3.8) is 0 Å². The average molecular weight is 252 g/mol. The molecule has 0 heterocycles. The highest BCUT2D eigenvalue weighted by Crippen LogP contribution is 2.38. The van der Waals surface area contributed by atoms with Gasteiger partial charge in [0.2, 0.25) is 0 Å². The first kappa shape index (κ1) is 9.15. The van der Waals surface area contributed by atoms with Gasteiger partial charge in [-0.05, 0) is 16.6 Å². The summed E-state index contributed by atoms with van der Waals surface area (Å²) >= 11 is 3.31. The molecule has 0 aromatic heterocycles. The molecule has 70 valence electrons. The molecular formula is C10H6BrNO2. The fourth-order valence-electron chi connectivity index (χ4n) is 1.37. The lowest BCUT2D eigenvalue weighted by Gasteiger charge is -2.04. The van der Waals surface area contributed by atoms with E-state index in [9.17, 15) is 10.0 Å². The smallest absolute Gasteiger partial charge is 0.152 e. The van der Waals surface area contributed by atoms with Gasteiger partial charge in [-0.25, -0.2) is 0 Å². The van der Waals surface area contributed by atoms with Gasteiger partial charge < -0.3 is 5.11 Å². The summed E-state index contributed by atoms with van der Waals surface area (Å²) in [6.45, 7) is 0. The van der Waals surface area contributed by atoms with Gasteiger partial charge in [0.05, 0.1) is 0 Å². The maximum Gasteiger partial charge on any atom is 0.152 e. The Bertz CT molecular complexity index is 511. The van der Waals surface area contributed by atoms with E-state index < -0.39 is 0 Å². The molecule has 0 unspecified atom stereocenters. The number of nitroso groups, excluding NO2 is 1. The second-order valence-electron chi connectivity index (χ2n) is 2.86. The lowest BCUT2D eigenvalue weighted by molar-refractivity contribution is 0.483. The molecule has 2 aromatic carbocycles. The van der Waals surface area contributed by atoms with E-state index in [0.717, 1.165) is 9.86 Å². The van der Waals surface area contributed by atoms with Crippen molar-refractivity contribution in [3.8, 4) is 5.75 Å². The normalized spacial score (nSPS) is 10.4. The summed E-state index contributed by atoms with van der Waals surface area (Å²) in [5, 5.41) is 13.9. The second kappa shape index (κ2) is 3.38. The van der Waals surface area contributed by atoms with Gasteiger partial charge in [-0.3, -0.25) is 0 Å². The molecule has 0 aliphatic carbocycles. The van der Waals surface area contributed by atoms with E-state index >= 15 is 0 Å². The van der Waals surface area contributed by atoms with E-state index in [2.05, 4.69) is 21.1 Å². The maximum atomic E-state index is 10.4. The summed E-state index contributed by atoms with van der Waals surface area (Å²) in [5.74, 6) is -0.0706. The predicted octanol–water partition coefficient (Wildman–Crippen LogP) is 3.71. The number of fused-ring (bicyclic) bond motifs is 1. The first-order chi connectivity index (χ1) is 6.74. The SMILES string of the molecule is O=Nc1cc(Br)c2ccccc2c1O. The lowest BCUT2D eigenvalue weighted by atomic mass is 10.1. The Balaban J connectivity index is 2.94. The largest absolute Gasteiger partial charge is 0.505 e. The number of halogens is 1. The van der Waals surface area contributed by atoms with E-state index in [1.54, 1.807) is 12.1 Å². The van der Waals surface area contributed by atoms with Gasteiger partial charge in [-0.15, -0.1) is 4.91 Å². The molecule has 0 atom stereocenters. The molecule has 0 aliphatic rings. The fourth-order valence-corrected chi connectivity index (χ4v) is 1.93. The minimum atomic E-state index is -0.0706. The first-order valence-corrected chi connectivity index (χ1v) is 4.77. The Hall–Kier alpha value is -1.42. The number of benzene rings is 2. The van der Waals surface area contributed by atoms with Gasteiger partial charge in [0, 0.05) is 9.86 Å². The van der Waals surface area contributed by atoms with Gasteiger partial charge in [0.1, 0.15) is 0 Å². The third-order valence-corrected chi connectivity index (χ3v) is 2.70. The van der Waals surface area contributed by atoms with E-state index in [0.29, 0.717) is 5.39 Å². The standard InChI is InChI=1S/C10H6BrNO2/c11-8-5-9(12-14)10(13)7-4-2-1-3-6(7)8/h1-5,13H. The van der Waals surface area contributed by atoms with Crippen molar-refractivity contribution >= 4 is 32.4 Å². The molecule has 4 heteroatoms. The maximum absolute atomic E-state index is 10.4. The zero-order valence-corrected chi connectivity index (χ0v) is 8.65. The van der Waals surface area contributed by atoms with Gasteiger partial charge in [0.25, 0.3) is 0 Å². The van der Waals surface area contributed by atoms with Crippen LogP contribution >= 0.6 is 15.9 Å². The van der Waals surface area contributed by atoms with Gasteiger partial charge in [-0.1, -0.05) is 40.2 Å². The topological polar surface area (TPSA) is 49.7 Å². The molecule has 3 nitrogen and oxygen atoms in total. The molecule has 0 amide bonds. The van der Waals surface area contributed by atoms with Crippen molar-refractivity contribution in [1.82, 2.24) is 0 Å². The molecule has 0 saturated heterocycles. The zero-order chi connectivity index (χ0) is 10.1. The summed E-state index contributed by atoms with van der Waals surface area (Å²) in [4.78, 5) is 10.4. The Morgan fingerprint density at radius 3 is 2.50 bits per heavy atom. The van der Waals surface area contributed by atoms with E-state index in [4.69, 9.17) is 0 Å². The van der Waals surface area contributed by atoms with Crippen LogP contribution in [-0.4, -0.2) is 5.11 Å².